The van der Waals surface area contributed by atoms with Crippen LogP contribution in [0.2, 0.25) is 0 Å². The zero-order valence-electron chi connectivity index (χ0n) is 8.76. The summed E-state index contributed by atoms with van der Waals surface area (Å²) >= 11 is 0. The molecule has 0 saturated carbocycles. The number of nitrogen functional groups attached to an aromatic ring is 1. The number of nitrogens with one attached hydrogen (secondary N) is 1. The fourth-order valence-corrected chi connectivity index (χ4v) is 1.24. The molecule has 0 heterocycles. The number of hydrogen-bond acceptors (Lipinski definition) is 4. The first kappa shape index (κ1) is 10.5. The molecule has 1 aromatic rings. The van der Waals surface area contributed by atoms with Gasteiger partial charge in [-0.15, -0.1) is 0 Å². The van der Waals surface area contributed by atoms with Crippen LogP contribution in [-0.4, -0.2) is 20.8 Å². The van der Waals surface area contributed by atoms with Crippen molar-refractivity contribution in [3.05, 3.63) is 12.1 Å². The molecule has 0 bridgehead atoms. The maximum atomic E-state index is 5.81. The average Bonchev–Trinajstić information content (AvgIpc) is 2.20. The van der Waals surface area contributed by atoms with Gasteiger partial charge in [-0.3, -0.25) is 0 Å². The molecule has 0 unspecified atom stereocenters. The summed E-state index contributed by atoms with van der Waals surface area (Å²) in [5, 5.41) is 3.14. The van der Waals surface area contributed by atoms with Gasteiger partial charge in [-0.05, 0) is 6.92 Å². The van der Waals surface area contributed by atoms with E-state index >= 15 is 0 Å². The van der Waals surface area contributed by atoms with Crippen molar-refractivity contribution in [2.45, 2.75) is 6.92 Å². The van der Waals surface area contributed by atoms with Gasteiger partial charge in [0.25, 0.3) is 0 Å². The molecule has 0 aliphatic carbocycles. The number of ether oxygens (including phenoxy) is 2. The Kier molecular flexibility index (Phi) is 3.45. The molecule has 14 heavy (non-hydrogen) atoms. The number of hydrogen-bond donors (Lipinski definition) is 2. The van der Waals surface area contributed by atoms with E-state index in [1.54, 1.807) is 20.3 Å². The molecule has 0 aliphatic rings. The lowest BCUT2D eigenvalue weighted by atomic mass is 10.2. The second-order valence-electron chi connectivity index (χ2n) is 2.82. The van der Waals surface area contributed by atoms with E-state index in [-0.39, 0.29) is 0 Å². The van der Waals surface area contributed by atoms with Crippen LogP contribution >= 0.6 is 0 Å². The minimum absolute atomic E-state index is 0.645. The van der Waals surface area contributed by atoms with Crippen LogP contribution in [0.5, 0.6) is 11.5 Å². The van der Waals surface area contributed by atoms with Crippen molar-refractivity contribution < 1.29 is 9.47 Å². The highest BCUT2D eigenvalue weighted by atomic mass is 16.5. The number of anilines is 2. The standard InChI is InChI=1S/C10H16N2O2/c1-4-12-8-6-10(14-3)9(13-2)5-7(8)11/h5-6,12H,4,11H2,1-3H3. The van der Waals surface area contributed by atoms with Gasteiger partial charge in [0.15, 0.2) is 11.5 Å². The lowest BCUT2D eigenvalue weighted by molar-refractivity contribution is 0.355. The molecule has 4 heteroatoms. The quantitative estimate of drug-likeness (QED) is 0.720. The molecule has 1 rings (SSSR count). The van der Waals surface area contributed by atoms with E-state index in [4.69, 9.17) is 15.2 Å². The van der Waals surface area contributed by atoms with Gasteiger partial charge in [-0.2, -0.15) is 0 Å². The summed E-state index contributed by atoms with van der Waals surface area (Å²) in [7, 11) is 3.19. The number of rotatable bonds is 4. The van der Waals surface area contributed by atoms with Crippen LogP contribution in [0.25, 0.3) is 0 Å². The van der Waals surface area contributed by atoms with Crippen LogP contribution in [0.1, 0.15) is 6.92 Å². The Bertz CT molecular complexity index is 313. The van der Waals surface area contributed by atoms with Gasteiger partial charge in [0.2, 0.25) is 0 Å². The molecule has 0 atom stereocenters. The van der Waals surface area contributed by atoms with Crippen molar-refractivity contribution in [1.29, 1.82) is 0 Å². The highest BCUT2D eigenvalue weighted by molar-refractivity contribution is 5.71. The van der Waals surface area contributed by atoms with Gasteiger partial charge in [-0.25, -0.2) is 0 Å². The Balaban J connectivity index is 3.09. The highest BCUT2D eigenvalue weighted by Gasteiger charge is 2.07. The highest BCUT2D eigenvalue weighted by Crippen LogP contribution is 2.34. The number of nitrogens with two attached hydrogens (primary N) is 1. The van der Waals surface area contributed by atoms with Crippen LogP contribution < -0.4 is 20.5 Å². The third kappa shape index (κ3) is 2.02. The van der Waals surface area contributed by atoms with Gasteiger partial charge in [0, 0.05) is 18.7 Å². The topological polar surface area (TPSA) is 56.5 Å². The molecule has 0 radical (unpaired) electrons. The minimum atomic E-state index is 0.645. The minimum Gasteiger partial charge on any atom is -0.493 e. The summed E-state index contributed by atoms with van der Waals surface area (Å²) in [6.07, 6.45) is 0. The monoisotopic (exact) mass is 196 g/mol. The molecule has 4 nitrogen and oxygen atoms in total. The summed E-state index contributed by atoms with van der Waals surface area (Å²) in [6, 6.07) is 3.58. The average molecular weight is 196 g/mol. The molecular formula is C10H16N2O2. The van der Waals surface area contributed by atoms with Crippen molar-refractivity contribution in [1.82, 2.24) is 0 Å². The molecule has 3 N–H and O–H groups in total. The molecule has 0 aliphatic heterocycles. The van der Waals surface area contributed by atoms with Crippen LogP contribution in [0.3, 0.4) is 0 Å². The Morgan fingerprint density at radius 3 is 2.29 bits per heavy atom. The largest absolute Gasteiger partial charge is 0.493 e. The SMILES string of the molecule is CCNc1cc(OC)c(OC)cc1N. The van der Waals surface area contributed by atoms with Crippen molar-refractivity contribution >= 4 is 11.4 Å². The Hall–Kier alpha value is -1.58. The Morgan fingerprint density at radius 2 is 1.79 bits per heavy atom. The van der Waals surface area contributed by atoms with Gasteiger partial charge in [-0.1, -0.05) is 0 Å². The fraction of sp³-hybridized carbons (Fsp3) is 0.400. The van der Waals surface area contributed by atoms with Crippen LogP contribution in [-0.2, 0) is 0 Å². The Morgan fingerprint density at radius 1 is 1.21 bits per heavy atom. The first-order valence-corrected chi connectivity index (χ1v) is 4.48. The molecular weight excluding hydrogens is 180 g/mol. The predicted octanol–water partition coefficient (Wildman–Crippen LogP) is 1.72. The van der Waals surface area contributed by atoms with E-state index in [9.17, 15) is 0 Å². The number of benzene rings is 1. The van der Waals surface area contributed by atoms with Crippen LogP contribution in [0.4, 0.5) is 11.4 Å². The molecule has 0 saturated heterocycles. The second-order valence-corrected chi connectivity index (χ2v) is 2.82. The smallest absolute Gasteiger partial charge is 0.162 e. The van der Waals surface area contributed by atoms with Gasteiger partial charge in [0.1, 0.15) is 0 Å². The summed E-state index contributed by atoms with van der Waals surface area (Å²) in [6.45, 7) is 2.83. The normalized spacial score (nSPS) is 9.64. The summed E-state index contributed by atoms with van der Waals surface area (Å²) in [5.41, 5.74) is 7.33. The summed E-state index contributed by atoms with van der Waals surface area (Å²) in [5.74, 6) is 1.32. The third-order valence-corrected chi connectivity index (χ3v) is 1.92. The van der Waals surface area contributed by atoms with E-state index in [1.807, 2.05) is 13.0 Å². The lowest BCUT2D eigenvalue weighted by Gasteiger charge is -2.12. The number of methoxy groups -OCH3 is 2. The first-order valence-electron chi connectivity index (χ1n) is 4.48. The fourth-order valence-electron chi connectivity index (χ4n) is 1.24. The van der Waals surface area contributed by atoms with Crippen molar-refractivity contribution in [2.24, 2.45) is 0 Å². The molecule has 0 fully saturated rings. The van der Waals surface area contributed by atoms with E-state index in [2.05, 4.69) is 5.32 Å². The van der Waals surface area contributed by atoms with Gasteiger partial charge < -0.3 is 20.5 Å². The zero-order chi connectivity index (χ0) is 10.6. The molecule has 0 spiro atoms. The Labute approximate surface area is 84.0 Å². The molecule has 0 amide bonds. The predicted molar refractivity (Wildman–Crippen MR) is 58.1 cm³/mol. The van der Waals surface area contributed by atoms with Gasteiger partial charge >= 0.3 is 0 Å². The van der Waals surface area contributed by atoms with Crippen LogP contribution in [0, 0.1) is 0 Å². The maximum absolute atomic E-state index is 5.81. The summed E-state index contributed by atoms with van der Waals surface area (Å²) in [4.78, 5) is 0. The van der Waals surface area contributed by atoms with E-state index in [1.165, 1.54) is 0 Å². The van der Waals surface area contributed by atoms with E-state index < -0.39 is 0 Å². The second kappa shape index (κ2) is 4.60. The zero-order valence-corrected chi connectivity index (χ0v) is 8.76. The van der Waals surface area contributed by atoms with Gasteiger partial charge in [0.05, 0.1) is 25.6 Å². The van der Waals surface area contributed by atoms with E-state index in [0.717, 1.165) is 12.2 Å². The molecule has 1 aromatic carbocycles. The molecule has 78 valence electrons. The molecule has 0 aromatic heterocycles. The summed E-state index contributed by atoms with van der Waals surface area (Å²) < 4.78 is 10.3. The van der Waals surface area contributed by atoms with Crippen molar-refractivity contribution in [2.75, 3.05) is 31.8 Å². The lowest BCUT2D eigenvalue weighted by Crippen LogP contribution is -2.02. The third-order valence-electron chi connectivity index (χ3n) is 1.92. The van der Waals surface area contributed by atoms with E-state index in [0.29, 0.717) is 17.2 Å². The van der Waals surface area contributed by atoms with Crippen LogP contribution in [0.15, 0.2) is 12.1 Å². The first-order chi connectivity index (χ1) is 6.72. The van der Waals surface area contributed by atoms with Crippen molar-refractivity contribution in [3.63, 3.8) is 0 Å². The maximum Gasteiger partial charge on any atom is 0.162 e. The van der Waals surface area contributed by atoms with Crippen molar-refractivity contribution in [3.8, 4) is 11.5 Å².